The average Bonchev–Trinajstić information content (AvgIpc) is 2.57. The predicted molar refractivity (Wildman–Crippen MR) is 90.0 cm³/mol. The summed E-state index contributed by atoms with van der Waals surface area (Å²) in [5.41, 5.74) is 7.35. The Bertz CT molecular complexity index is 724. The van der Waals surface area contributed by atoms with E-state index in [2.05, 4.69) is 10.2 Å². The van der Waals surface area contributed by atoms with Crippen LogP contribution in [0.1, 0.15) is 1.43 Å². The van der Waals surface area contributed by atoms with Crippen molar-refractivity contribution in [3.63, 3.8) is 0 Å². The molecular formula is C15H17ClKN5O2. The molecule has 1 atom stereocenters. The number of carboxylic acid groups (broad SMARTS) is 1. The average molecular weight is 374 g/mol. The van der Waals surface area contributed by atoms with Crippen LogP contribution in [0.4, 0.5) is 17.2 Å². The molecule has 1 aromatic carbocycles. The standard InChI is InChI=1S/C15H16ClN5O2.K.H/c16-13-8-11(14(17)19-18-13)20-6-7-21(12(9-20)15(22)23)10-4-2-1-3-5-10;;/h1-5,8,12H,6-7,9H2,(H2,17,19)(H,22,23);;/q;+1;-1. The number of carbonyl (C=O) groups is 1. The Morgan fingerprint density at radius 1 is 1.29 bits per heavy atom. The van der Waals surface area contributed by atoms with Crippen LogP contribution in [0, 0.1) is 0 Å². The van der Waals surface area contributed by atoms with Crippen LogP contribution >= 0.6 is 11.6 Å². The molecule has 1 unspecified atom stereocenters. The summed E-state index contributed by atoms with van der Waals surface area (Å²) < 4.78 is 0. The van der Waals surface area contributed by atoms with E-state index in [4.69, 9.17) is 17.3 Å². The van der Waals surface area contributed by atoms with Gasteiger partial charge in [-0.3, -0.25) is 0 Å². The number of para-hydroxylation sites is 1. The van der Waals surface area contributed by atoms with Crippen LogP contribution in [0.2, 0.25) is 5.15 Å². The van der Waals surface area contributed by atoms with Crippen LogP contribution in [-0.2, 0) is 4.79 Å². The van der Waals surface area contributed by atoms with E-state index in [9.17, 15) is 9.90 Å². The molecule has 0 saturated carbocycles. The summed E-state index contributed by atoms with van der Waals surface area (Å²) in [5.74, 6) is -0.642. The maximum atomic E-state index is 11.7. The first kappa shape index (κ1) is 19.4. The Labute approximate surface area is 188 Å². The molecule has 1 fully saturated rings. The fourth-order valence-electron chi connectivity index (χ4n) is 2.76. The molecule has 7 nitrogen and oxygen atoms in total. The number of nitrogens with two attached hydrogens (primary N) is 1. The predicted octanol–water partition coefficient (Wildman–Crippen LogP) is -1.39. The molecule has 2 heterocycles. The Morgan fingerprint density at radius 2 is 2.00 bits per heavy atom. The molecule has 3 rings (SSSR count). The summed E-state index contributed by atoms with van der Waals surface area (Å²) in [4.78, 5) is 15.5. The second-order valence-electron chi connectivity index (χ2n) is 5.27. The third kappa shape index (κ3) is 4.19. The van der Waals surface area contributed by atoms with Gasteiger partial charge in [0.1, 0.15) is 6.04 Å². The Morgan fingerprint density at radius 3 is 2.67 bits per heavy atom. The molecule has 0 bridgehead atoms. The van der Waals surface area contributed by atoms with Gasteiger partial charge in [0, 0.05) is 31.4 Å². The number of hydrogen-bond donors (Lipinski definition) is 2. The van der Waals surface area contributed by atoms with E-state index in [1.807, 2.05) is 40.1 Å². The smallest absolute Gasteiger partial charge is 1.00 e. The zero-order chi connectivity index (χ0) is 16.4. The first-order valence-corrected chi connectivity index (χ1v) is 7.52. The molecule has 2 aromatic rings. The van der Waals surface area contributed by atoms with Crippen molar-refractivity contribution in [2.45, 2.75) is 6.04 Å². The van der Waals surface area contributed by atoms with Crippen LogP contribution < -0.4 is 66.9 Å². The zero-order valence-electron chi connectivity index (χ0n) is 14.3. The van der Waals surface area contributed by atoms with Gasteiger partial charge in [0.2, 0.25) is 0 Å². The fourth-order valence-corrected chi connectivity index (χ4v) is 2.90. The molecule has 122 valence electrons. The van der Waals surface area contributed by atoms with E-state index in [1.165, 1.54) is 0 Å². The van der Waals surface area contributed by atoms with Crippen LogP contribution in [0.5, 0.6) is 0 Å². The van der Waals surface area contributed by atoms with E-state index in [1.54, 1.807) is 6.07 Å². The van der Waals surface area contributed by atoms with Crippen molar-refractivity contribution < 1.29 is 62.7 Å². The molecule has 0 amide bonds. The number of anilines is 3. The molecule has 0 spiro atoms. The van der Waals surface area contributed by atoms with Crippen LogP contribution in [0.25, 0.3) is 0 Å². The van der Waals surface area contributed by atoms with Crippen LogP contribution in [-0.4, -0.2) is 46.9 Å². The van der Waals surface area contributed by atoms with Gasteiger partial charge in [0.25, 0.3) is 0 Å². The topological polar surface area (TPSA) is 95.6 Å². The van der Waals surface area contributed by atoms with Gasteiger partial charge in [-0.1, -0.05) is 29.8 Å². The SMILES string of the molecule is Nc1nnc(Cl)cc1N1CCN(c2ccccc2)C(C(=O)O)C1.[H-].[K+]. The Balaban J connectivity index is 0.00000156. The minimum Gasteiger partial charge on any atom is -1.00 e. The summed E-state index contributed by atoms with van der Waals surface area (Å²) in [5, 5.41) is 17.3. The van der Waals surface area contributed by atoms with Crippen molar-refractivity contribution in [1.82, 2.24) is 10.2 Å². The molecule has 1 saturated heterocycles. The summed E-state index contributed by atoms with van der Waals surface area (Å²) in [7, 11) is 0. The van der Waals surface area contributed by atoms with Crippen LogP contribution in [0.3, 0.4) is 0 Å². The molecule has 9 heteroatoms. The second kappa shape index (κ2) is 8.46. The molecule has 1 aliphatic rings. The van der Waals surface area contributed by atoms with Crippen molar-refractivity contribution >= 4 is 34.8 Å². The summed E-state index contributed by atoms with van der Waals surface area (Å²) in [6.07, 6.45) is 0. The van der Waals surface area contributed by atoms with E-state index >= 15 is 0 Å². The van der Waals surface area contributed by atoms with Gasteiger partial charge in [-0.2, -0.15) is 0 Å². The van der Waals surface area contributed by atoms with Gasteiger partial charge in [0.15, 0.2) is 11.0 Å². The van der Waals surface area contributed by atoms with Gasteiger partial charge in [-0.15, -0.1) is 10.2 Å². The summed E-state index contributed by atoms with van der Waals surface area (Å²) in [6, 6.07) is 10.4. The molecule has 1 aromatic heterocycles. The van der Waals surface area contributed by atoms with E-state index < -0.39 is 12.0 Å². The normalized spacial score (nSPS) is 17.3. The molecule has 0 aliphatic carbocycles. The van der Waals surface area contributed by atoms with Gasteiger partial charge < -0.3 is 22.1 Å². The van der Waals surface area contributed by atoms with Gasteiger partial charge in [0.05, 0.1) is 5.69 Å². The monoisotopic (exact) mass is 373 g/mol. The van der Waals surface area contributed by atoms with Crippen molar-refractivity contribution in [3.8, 4) is 0 Å². The maximum absolute atomic E-state index is 11.7. The van der Waals surface area contributed by atoms with E-state index in [0.29, 0.717) is 18.8 Å². The Hall–Kier alpha value is -0.904. The molecule has 0 radical (unpaired) electrons. The number of piperazine rings is 1. The minimum absolute atomic E-state index is 0. The quantitative estimate of drug-likeness (QED) is 0.639. The number of hydrogen-bond acceptors (Lipinski definition) is 6. The van der Waals surface area contributed by atoms with Crippen molar-refractivity contribution in [3.05, 3.63) is 41.6 Å². The number of rotatable bonds is 3. The number of aliphatic carboxylic acids is 1. The molecular weight excluding hydrogens is 357 g/mol. The number of benzene rings is 1. The Kier molecular flexibility index (Phi) is 6.85. The second-order valence-corrected chi connectivity index (χ2v) is 5.65. The summed E-state index contributed by atoms with van der Waals surface area (Å²) >= 11 is 5.88. The number of aromatic nitrogens is 2. The van der Waals surface area contributed by atoms with Gasteiger partial charge in [-0.25, -0.2) is 4.79 Å². The maximum Gasteiger partial charge on any atom is 1.00 e. The van der Waals surface area contributed by atoms with Gasteiger partial charge in [-0.05, 0) is 12.1 Å². The number of nitrogens with zero attached hydrogens (tertiary/aromatic N) is 4. The van der Waals surface area contributed by atoms with E-state index in [-0.39, 0.29) is 70.3 Å². The first-order chi connectivity index (χ1) is 11.1. The minimum atomic E-state index is -0.884. The van der Waals surface area contributed by atoms with Crippen LogP contribution in [0.15, 0.2) is 36.4 Å². The molecule has 1 aliphatic heterocycles. The van der Waals surface area contributed by atoms with Crippen molar-refractivity contribution in [2.24, 2.45) is 0 Å². The number of carboxylic acids is 1. The zero-order valence-corrected chi connectivity index (χ0v) is 17.1. The number of halogens is 1. The first-order valence-electron chi connectivity index (χ1n) is 7.14. The largest absolute Gasteiger partial charge is 1.00 e. The fraction of sp³-hybridized carbons (Fsp3) is 0.267. The van der Waals surface area contributed by atoms with Crippen molar-refractivity contribution in [1.29, 1.82) is 0 Å². The van der Waals surface area contributed by atoms with E-state index in [0.717, 1.165) is 5.69 Å². The molecule has 3 N–H and O–H groups in total. The number of nitrogen functional groups attached to an aromatic ring is 1. The van der Waals surface area contributed by atoms with Gasteiger partial charge >= 0.3 is 57.4 Å². The summed E-state index contributed by atoms with van der Waals surface area (Å²) in [6.45, 7) is 1.46. The third-order valence-electron chi connectivity index (χ3n) is 3.87. The van der Waals surface area contributed by atoms with Crippen molar-refractivity contribution in [2.75, 3.05) is 35.2 Å². The third-order valence-corrected chi connectivity index (χ3v) is 4.05. The molecule has 24 heavy (non-hydrogen) atoms.